The van der Waals surface area contributed by atoms with Crippen molar-refractivity contribution in [1.29, 1.82) is 0 Å². The Bertz CT molecular complexity index is 164. The molecule has 0 aromatic carbocycles. The molecule has 0 aromatic heterocycles. The summed E-state index contributed by atoms with van der Waals surface area (Å²) >= 11 is -3.76. The van der Waals surface area contributed by atoms with Gasteiger partial charge in [0.1, 0.15) is 0 Å². The summed E-state index contributed by atoms with van der Waals surface area (Å²) < 4.78 is 25.9. The monoisotopic (exact) mass is 418 g/mol. The van der Waals surface area contributed by atoms with Gasteiger partial charge in [-0.2, -0.15) is 0 Å². The average Bonchev–Trinajstić information content (AvgIpc) is 2.45. The number of hydrogen-bond acceptors (Lipinski definition) is 3. The minimum absolute atomic E-state index is 1.35. The van der Waals surface area contributed by atoms with Crippen molar-refractivity contribution in [3.63, 3.8) is 0 Å². The summed E-state index contributed by atoms with van der Waals surface area (Å²) in [6.07, 6.45) is 11.1. The van der Waals surface area contributed by atoms with E-state index < -0.39 is 21.1 Å². The molecule has 0 heterocycles. The maximum Gasteiger partial charge on any atom is 0.503 e. The van der Waals surface area contributed by atoms with Crippen LogP contribution in [-0.2, 0) is 0 Å². The molecule has 0 fully saturated rings. The summed E-state index contributed by atoms with van der Waals surface area (Å²) in [5.41, 5.74) is 0. The topological polar surface area (TPSA) is 66.3 Å². The van der Waals surface area contributed by atoms with Crippen molar-refractivity contribution < 1.29 is 35.9 Å². The molecule has 0 unspecified atom stereocenters. The number of unbranched alkanes of at least 4 members (excludes halogenated alkanes) is 4. The largest absolute Gasteiger partial charge is 0.503 e. The summed E-state index contributed by atoms with van der Waals surface area (Å²) in [5, 5.41) is 0. The van der Waals surface area contributed by atoms with Crippen LogP contribution in [0.5, 0.6) is 0 Å². The van der Waals surface area contributed by atoms with E-state index in [0.29, 0.717) is 0 Å². The molecule has 0 saturated carbocycles. The lowest BCUT2D eigenvalue weighted by atomic mass is 10.1. The maximum absolute atomic E-state index is 8.68. The Morgan fingerprint density at radius 3 is 1.00 bits per heavy atom. The standard InChI is InChI=1S/C16H36N.HIO3/c1-5-9-13-17(14-10-6-2,15-11-7-3)16-12-8-4;2-1(3)4/h5-16H2,1-4H3;2H/q+1;. The van der Waals surface area contributed by atoms with Crippen molar-refractivity contribution in [1.82, 2.24) is 0 Å². The Kier molecular flexibility index (Phi) is 19.2. The van der Waals surface area contributed by atoms with E-state index in [1.54, 1.807) is 0 Å². The number of nitrogens with zero attached hydrogens (tertiary/aromatic N) is 1. The van der Waals surface area contributed by atoms with E-state index >= 15 is 0 Å². The lowest BCUT2D eigenvalue weighted by Gasteiger charge is -2.39. The van der Waals surface area contributed by atoms with Gasteiger partial charge in [0.05, 0.1) is 26.2 Å². The zero-order chi connectivity index (χ0) is 16.6. The molecule has 5 heteroatoms. The van der Waals surface area contributed by atoms with Gasteiger partial charge in [0, 0.05) is 0 Å². The van der Waals surface area contributed by atoms with Crippen molar-refractivity contribution >= 4 is 0 Å². The van der Waals surface area contributed by atoms with Crippen molar-refractivity contribution in [2.24, 2.45) is 0 Å². The fraction of sp³-hybridized carbons (Fsp3) is 1.00. The first kappa shape index (κ1) is 23.8. The minimum atomic E-state index is -3.76. The van der Waals surface area contributed by atoms with Crippen LogP contribution in [0.2, 0.25) is 0 Å². The molecular formula is C16H37INO3+. The van der Waals surface area contributed by atoms with Gasteiger partial charge in [0.2, 0.25) is 0 Å². The van der Waals surface area contributed by atoms with E-state index in [9.17, 15) is 0 Å². The molecule has 0 saturated heterocycles. The van der Waals surface area contributed by atoms with Gasteiger partial charge in [0.15, 0.2) is 0 Å². The highest BCUT2D eigenvalue weighted by atomic mass is 127. The zero-order valence-electron chi connectivity index (χ0n) is 14.6. The second-order valence-corrected chi connectivity index (χ2v) is 7.00. The summed E-state index contributed by atoms with van der Waals surface area (Å²) in [4.78, 5) is 0. The van der Waals surface area contributed by atoms with Crippen molar-refractivity contribution in [3.8, 4) is 0 Å². The Morgan fingerprint density at radius 1 is 0.667 bits per heavy atom. The van der Waals surface area contributed by atoms with E-state index in [2.05, 4.69) is 27.7 Å². The highest BCUT2D eigenvalue weighted by Gasteiger charge is 2.24. The average molecular weight is 418 g/mol. The van der Waals surface area contributed by atoms with Crippen LogP contribution in [0.15, 0.2) is 0 Å². The van der Waals surface area contributed by atoms with Crippen LogP contribution in [0.3, 0.4) is 0 Å². The molecule has 0 aliphatic carbocycles. The van der Waals surface area contributed by atoms with Crippen LogP contribution in [0, 0.1) is 0 Å². The predicted octanol–water partition coefficient (Wildman–Crippen LogP) is -0.927. The lowest BCUT2D eigenvalue weighted by molar-refractivity contribution is -1.63. The van der Waals surface area contributed by atoms with Crippen LogP contribution in [0.25, 0.3) is 0 Å². The molecule has 0 atom stereocenters. The third-order valence-corrected chi connectivity index (χ3v) is 3.94. The number of quaternary nitrogens is 1. The molecule has 0 amide bonds. The van der Waals surface area contributed by atoms with E-state index in [0.717, 1.165) is 0 Å². The third-order valence-electron chi connectivity index (χ3n) is 3.94. The molecule has 0 rings (SSSR count). The maximum atomic E-state index is 8.68. The Hall–Kier alpha value is 0.570. The highest BCUT2D eigenvalue weighted by Crippen LogP contribution is 2.16. The normalized spacial score (nSPS) is 11.4. The molecule has 1 N–H and O–H groups in total. The van der Waals surface area contributed by atoms with Crippen molar-refractivity contribution in [2.75, 3.05) is 26.2 Å². The fourth-order valence-corrected chi connectivity index (χ4v) is 2.64. The van der Waals surface area contributed by atoms with Crippen molar-refractivity contribution in [2.45, 2.75) is 79.1 Å². The number of rotatable bonds is 12. The van der Waals surface area contributed by atoms with Gasteiger partial charge in [-0.1, -0.05) is 53.4 Å². The summed E-state index contributed by atoms with van der Waals surface area (Å²) in [6, 6.07) is 0. The number of hydrogen-bond donors (Lipinski definition) is 1. The van der Waals surface area contributed by atoms with E-state index in [1.807, 2.05) is 0 Å². The van der Waals surface area contributed by atoms with Gasteiger partial charge in [-0.05, 0) is 29.1 Å². The lowest BCUT2D eigenvalue weighted by Crippen LogP contribution is -3.98. The smallest absolute Gasteiger partial charge is 0.396 e. The fourth-order valence-electron chi connectivity index (χ4n) is 2.64. The predicted molar refractivity (Wildman–Crippen MR) is 81.6 cm³/mol. The first-order valence-corrected chi connectivity index (χ1v) is 11.3. The van der Waals surface area contributed by atoms with Gasteiger partial charge in [0.25, 0.3) is 0 Å². The van der Waals surface area contributed by atoms with Crippen molar-refractivity contribution in [3.05, 3.63) is 0 Å². The minimum Gasteiger partial charge on any atom is -0.396 e. The van der Waals surface area contributed by atoms with Crippen LogP contribution in [-0.4, -0.2) is 34.1 Å². The third kappa shape index (κ3) is 16.8. The van der Waals surface area contributed by atoms with Gasteiger partial charge >= 0.3 is 21.1 Å². The molecule has 130 valence electrons. The molecular weight excluding hydrogens is 381 g/mol. The zero-order valence-corrected chi connectivity index (χ0v) is 16.7. The highest BCUT2D eigenvalue weighted by molar-refractivity contribution is 4.49. The van der Waals surface area contributed by atoms with Gasteiger partial charge in [-0.25, -0.2) is 0 Å². The molecule has 0 aromatic rings. The Labute approximate surface area is 141 Å². The molecule has 0 bridgehead atoms. The van der Waals surface area contributed by atoms with Gasteiger partial charge in [-0.15, -0.1) is 0 Å². The second-order valence-electron chi connectivity index (χ2n) is 5.85. The molecule has 4 nitrogen and oxygen atoms in total. The summed E-state index contributed by atoms with van der Waals surface area (Å²) in [7, 11) is 0. The van der Waals surface area contributed by atoms with Crippen LogP contribution in [0.1, 0.15) is 79.1 Å². The van der Waals surface area contributed by atoms with E-state index in [1.165, 1.54) is 82.0 Å². The molecule has 0 aliphatic rings. The summed E-state index contributed by atoms with van der Waals surface area (Å²) in [6.45, 7) is 15.0. The van der Waals surface area contributed by atoms with Gasteiger partial charge < -0.3 is 11.4 Å². The van der Waals surface area contributed by atoms with Crippen LogP contribution in [0.4, 0.5) is 0 Å². The van der Waals surface area contributed by atoms with Crippen LogP contribution >= 0.6 is 0 Å². The van der Waals surface area contributed by atoms with Crippen LogP contribution < -0.4 is 27.9 Å². The molecule has 0 radical (unpaired) electrons. The summed E-state index contributed by atoms with van der Waals surface area (Å²) in [5.74, 6) is 0. The Morgan fingerprint density at radius 2 is 0.857 bits per heavy atom. The van der Waals surface area contributed by atoms with Gasteiger partial charge in [-0.3, -0.25) is 0 Å². The first-order valence-electron chi connectivity index (χ1n) is 8.57. The second kappa shape index (κ2) is 16.9. The molecule has 21 heavy (non-hydrogen) atoms. The van der Waals surface area contributed by atoms with E-state index in [4.69, 9.17) is 10.3 Å². The molecule has 0 spiro atoms. The Balaban J connectivity index is 0. The quantitative estimate of drug-likeness (QED) is 0.329. The SMILES string of the molecule is CCCC[N+](CCCC)(CCCC)CCCC.[O-][I+2]([O-])O. The van der Waals surface area contributed by atoms with E-state index in [-0.39, 0.29) is 0 Å². The first-order chi connectivity index (χ1) is 9.97. The molecule has 0 aliphatic heterocycles. The number of halogens is 1.